The fourth-order valence-corrected chi connectivity index (χ4v) is 2.51. The van der Waals surface area contributed by atoms with Gasteiger partial charge in [-0.3, -0.25) is 9.69 Å². The van der Waals surface area contributed by atoms with Gasteiger partial charge in [-0.05, 0) is 32.2 Å². The number of nitrogens with zero attached hydrogens (tertiary/aromatic N) is 3. The van der Waals surface area contributed by atoms with Crippen molar-refractivity contribution in [1.29, 1.82) is 0 Å². The molecule has 0 radical (unpaired) electrons. The monoisotopic (exact) mass is 418 g/mol. The summed E-state index contributed by atoms with van der Waals surface area (Å²) >= 11 is 5.58. The molecule has 0 aliphatic carbocycles. The minimum Gasteiger partial charge on any atom is -0.338 e. The van der Waals surface area contributed by atoms with Crippen molar-refractivity contribution in [3.8, 4) is 0 Å². The molecule has 1 N–H and O–H groups in total. The molecule has 154 valence electrons. The largest absolute Gasteiger partial charge is 0.417 e. The summed E-state index contributed by atoms with van der Waals surface area (Å²) in [6.45, 7) is 7.55. The van der Waals surface area contributed by atoms with Crippen LogP contribution in [0, 0.1) is 0 Å². The maximum atomic E-state index is 12.9. The Bertz CT molecular complexity index is 846. The number of anilines is 1. The van der Waals surface area contributed by atoms with E-state index in [1.54, 1.807) is 18.9 Å². The van der Waals surface area contributed by atoms with Crippen molar-refractivity contribution in [2.45, 2.75) is 45.3 Å². The van der Waals surface area contributed by atoms with E-state index in [1.165, 1.54) is 6.07 Å². The van der Waals surface area contributed by atoms with Gasteiger partial charge in [0.05, 0.1) is 23.2 Å². The number of carbonyl (C=O) groups is 1. The molecule has 0 saturated carbocycles. The van der Waals surface area contributed by atoms with Crippen LogP contribution in [0.5, 0.6) is 0 Å². The SMILES string of the molecule is C[C@@H](c1nc(C(C)(C)C)no1)N(C)CC(=O)Nc1ccc(Cl)c(C(F)(F)F)c1. The van der Waals surface area contributed by atoms with Gasteiger partial charge in [0, 0.05) is 11.1 Å². The number of likely N-dealkylation sites (N-methyl/N-ethyl adjacent to an activating group) is 1. The van der Waals surface area contributed by atoms with E-state index < -0.39 is 22.7 Å². The second-order valence-electron chi connectivity index (χ2n) is 7.54. The maximum Gasteiger partial charge on any atom is 0.417 e. The Hall–Kier alpha value is -2.13. The van der Waals surface area contributed by atoms with E-state index in [4.69, 9.17) is 16.1 Å². The Balaban J connectivity index is 2.04. The topological polar surface area (TPSA) is 71.3 Å². The van der Waals surface area contributed by atoms with Crippen molar-refractivity contribution in [2.75, 3.05) is 18.9 Å². The number of benzene rings is 1. The van der Waals surface area contributed by atoms with Crippen LogP contribution in [0.15, 0.2) is 22.7 Å². The van der Waals surface area contributed by atoms with Crippen molar-refractivity contribution < 1.29 is 22.5 Å². The number of carbonyl (C=O) groups excluding carboxylic acids is 1. The molecule has 2 rings (SSSR count). The third-order valence-corrected chi connectivity index (χ3v) is 4.41. The van der Waals surface area contributed by atoms with Crippen LogP contribution in [0.2, 0.25) is 5.02 Å². The Labute approximate surface area is 166 Å². The fourth-order valence-electron chi connectivity index (χ4n) is 2.28. The first-order valence-corrected chi connectivity index (χ1v) is 8.87. The summed E-state index contributed by atoms with van der Waals surface area (Å²) in [5.74, 6) is 0.416. The average Bonchev–Trinajstić information content (AvgIpc) is 3.05. The highest BCUT2D eigenvalue weighted by molar-refractivity contribution is 6.31. The second kappa shape index (κ2) is 8.08. The molecule has 1 atom stereocenters. The van der Waals surface area contributed by atoms with E-state index in [1.807, 2.05) is 20.8 Å². The summed E-state index contributed by atoms with van der Waals surface area (Å²) in [5.41, 5.74) is -1.27. The van der Waals surface area contributed by atoms with Crippen molar-refractivity contribution in [1.82, 2.24) is 15.0 Å². The predicted molar refractivity (Wildman–Crippen MR) is 99.1 cm³/mol. The molecule has 0 unspecified atom stereocenters. The molecule has 0 spiro atoms. The van der Waals surface area contributed by atoms with Crippen molar-refractivity contribution in [3.63, 3.8) is 0 Å². The zero-order valence-electron chi connectivity index (χ0n) is 16.2. The van der Waals surface area contributed by atoms with Crippen molar-refractivity contribution in [2.24, 2.45) is 0 Å². The van der Waals surface area contributed by atoms with Crippen LogP contribution in [0.1, 0.15) is 51.0 Å². The normalized spacial score (nSPS) is 13.6. The first-order chi connectivity index (χ1) is 12.8. The van der Waals surface area contributed by atoms with Gasteiger partial charge >= 0.3 is 6.18 Å². The van der Waals surface area contributed by atoms with Gasteiger partial charge in [-0.2, -0.15) is 18.2 Å². The lowest BCUT2D eigenvalue weighted by Crippen LogP contribution is -2.32. The number of rotatable bonds is 5. The first-order valence-electron chi connectivity index (χ1n) is 8.50. The molecule has 1 aromatic carbocycles. The van der Waals surface area contributed by atoms with Gasteiger partial charge in [-0.25, -0.2) is 0 Å². The summed E-state index contributed by atoms with van der Waals surface area (Å²) < 4.78 is 44.0. The Kier molecular flexibility index (Phi) is 6.40. The smallest absolute Gasteiger partial charge is 0.338 e. The molecular formula is C18H22ClF3N4O2. The zero-order valence-corrected chi connectivity index (χ0v) is 16.9. The Morgan fingerprint density at radius 1 is 1.32 bits per heavy atom. The van der Waals surface area contributed by atoms with E-state index in [9.17, 15) is 18.0 Å². The van der Waals surface area contributed by atoms with Crippen molar-refractivity contribution in [3.05, 3.63) is 40.5 Å². The zero-order chi connectivity index (χ0) is 21.3. The van der Waals surface area contributed by atoms with Gasteiger partial charge in [0.1, 0.15) is 0 Å². The molecule has 6 nitrogen and oxygen atoms in total. The average molecular weight is 419 g/mol. The number of hydrogen-bond acceptors (Lipinski definition) is 5. The molecule has 28 heavy (non-hydrogen) atoms. The van der Waals surface area contributed by atoms with E-state index in [-0.39, 0.29) is 23.7 Å². The molecular weight excluding hydrogens is 397 g/mol. The molecule has 1 amide bonds. The molecule has 1 aromatic heterocycles. The second-order valence-corrected chi connectivity index (χ2v) is 7.95. The van der Waals surface area contributed by atoms with Crippen LogP contribution in [-0.2, 0) is 16.4 Å². The van der Waals surface area contributed by atoms with Gasteiger partial charge in [0.25, 0.3) is 0 Å². The summed E-state index contributed by atoms with van der Waals surface area (Å²) in [5, 5.41) is 5.96. The number of amides is 1. The molecule has 0 fully saturated rings. The molecule has 1 heterocycles. The molecule has 0 aliphatic rings. The lowest BCUT2D eigenvalue weighted by atomic mass is 9.96. The highest BCUT2D eigenvalue weighted by Crippen LogP contribution is 2.36. The van der Waals surface area contributed by atoms with Gasteiger partial charge in [0.15, 0.2) is 5.82 Å². The van der Waals surface area contributed by atoms with Crippen LogP contribution in [0.4, 0.5) is 18.9 Å². The summed E-state index contributed by atoms with van der Waals surface area (Å²) in [6.07, 6.45) is -4.61. The van der Waals surface area contributed by atoms with Gasteiger partial charge < -0.3 is 9.84 Å². The van der Waals surface area contributed by atoms with Crippen LogP contribution >= 0.6 is 11.6 Å². The minimum absolute atomic E-state index is 0.00980. The minimum atomic E-state index is -4.61. The third kappa shape index (κ3) is 5.45. The molecule has 2 aromatic rings. The van der Waals surface area contributed by atoms with Gasteiger partial charge in [-0.1, -0.05) is 37.5 Å². The lowest BCUT2D eigenvalue weighted by Gasteiger charge is -2.21. The molecule has 0 bridgehead atoms. The predicted octanol–water partition coefficient (Wildman–Crippen LogP) is 4.67. The number of alkyl halides is 3. The fraction of sp³-hybridized carbons (Fsp3) is 0.500. The van der Waals surface area contributed by atoms with Crippen LogP contribution < -0.4 is 5.32 Å². The molecule has 10 heteroatoms. The first kappa shape index (κ1) is 22.2. The molecule has 0 aliphatic heterocycles. The van der Waals surface area contributed by atoms with Crippen molar-refractivity contribution >= 4 is 23.2 Å². The van der Waals surface area contributed by atoms with Crippen LogP contribution in [0.25, 0.3) is 0 Å². The Morgan fingerprint density at radius 2 is 1.96 bits per heavy atom. The summed E-state index contributed by atoms with van der Waals surface area (Å²) in [7, 11) is 1.67. The van der Waals surface area contributed by atoms with E-state index in [0.29, 0.717) is 11.7 Å². The summed E-state index contributed by atoms with van der Waals surface area (Å²) in [4.78, 5) is 18.2. The highest BCUT2D eigenvalue weighted by atomic mass is 35.5. The summed E-state index contributed by atoms with van der Waals surface area (Å²) in [6, 6.07) is 2.85. The number of nitrogens with one attached hydrogen (secondary N) is 1. The van der Waals surface area contributed by atoms with Gasteiger partial charge in [-0.15, -0.1) is 0 Å². The van der Waals surface area contributed by atoms with Crippen LogP contribution in [-0.4, -0.2) is 34.5 Å². The number of aromatic nitrogens is 2. The standard InChI is InChI=1S/C18H22ClF3N4O2/c1-10(15-24-16(25-28-15)17(2,3)4)26(5)9-14(27)23-11-6-7-13(19)12(8-11)18(20,21)22/h6-8,10H,9H2,1-5H3,(H,23,27)/t10-/m0/s1. The number of hydrogen-bond donors (Lipinski definition) is 1. The van der Waals surface area contributed by atoms with E-state index in [2.05, 4.69) is 15.5 Å². The Morgan fingerprint density at radius 3 is 2.50 bits per heavy atom. The van der Waals surface area contributed by atoms with Crippen LogP contribution in [0.3, 0.4) is 0 Å². The maximum absolute atomic E-state index is 12.9. The highest BCUT2D eigenvalue weighted by Gasteiger charge is 2.33. The lowest BCUT2D eigenvalue weighted by molar-refractivity contribution is -0.137. The van der Waals surface area contributed by atoms with E-state index >= 15 is 0 Å². The quantitative estimate of drug-likeness (QED) is 0.763. The third-order valence-electron chi connectivity index (χ3n) is 4.08. The van der Waals surface area contributed by atoms with E-state index in [0.717, 1.165) is 12.1 Å². The number of halogens is 4. The molecule has 0 saturated heterocycles. The van der Waals surface area contributed by atoms with Gasteiger partial charge in [0.2, 0.25) is 11.8 Å².